The molecule has 0 spiro atoms. The quantitative estimate of drug-likeness (QED) is 0.290. The Kier molecular flexibility index (Phi) is 4.71. The van der Waals surface area contributed by atoms with Crippen LogP contribution in [0.25, 0.3) is 0 Å². The van der Waals surface area contributed by atoms with Gasteiger partial charge in [0.1, 0.15) is 6.61 Å². The third-order valence-electron chi connectivity index (χ3n) is 3.90. The standard InChI is InChI=1S/C16H23N3O3/c1-16(2,3)19-8-13(9-19)15(20)22-10-11-4-6-12(7-5-11)14(17)18-21/h4-7,13,21H,8-10H2,1-3H3,(H2,17,18). The van der Waals surface area contributed by atoms with Crippen molar-refractivity contribution in [2.24, 2.45) is 16.8 Å². The number of amidine groups is 1. The van der Waals surface area contributed by atoms with Gasteiger partial charge in [-0.25, -0.2) is 0 Å². The van der Waals surface area contributed by atoms with Gasteiger partial charge in [-0.15, -0.1) is 0 Å². The second kappa shape index (κ2) is 6.36. The van der Waals surface area contributed by atoms with E-state index >= 15 is 0 Å². The van der Waals surface area contributed by atoms with E-state index in [0.29, 0.717) is 5.56 Å². The summed E-state index contributed by atoms with van der Waals surface area (Å²) >= 11 is 0. The largest absolute Gasteiger partial charge is 0.461 e. The Hall–Kier alpha value is -2.08. The summed E-state index contributed by atoms with van der Waals surface area (Å²) in [6, 6.07) is 7.04. The average Bonchev–Trinajstić information content (AvgIpc) is 2.41. The van der Waals surface area contributed by atoms with Crippen molar-refractivity contribution in [3.8, 4) is 0 Å². The minimum absolute atomic E-state index is 0.0318. The number of carbonyl (C=O) groups excluding carboxylic acids is 1. The molecule has 0 radical (unpaired) electrons. The molecule has 2 rings (SSSR count). The molecule has 1 aliphatic heterocycles. The molecule has 0 aromatic heterocycles. The van der Waals surface area contributed by atoms with Gasteiger partial charge in [0.25, 0.3) is 0 Å². The number of benzene rings is 1. The number of hydrogen-bond donors (Lipinski definition) is 2. The van der Waals surface area contributed by atoms with Gasteiger partial charge in [0.05, 0.1) is 5.92 Å². The molecule has 1 saturated heterocycles. The van der Waals surface area contributed by atoms with Crippen molar-refractivity contribution < 1.29 is 14.7 Å². The van der Waals surface area contributed by atoms with Gasteiger partial charge in [0.2, 0.25) is 0 Å². The van der Waals surface area contributed by atoms with E-state index < -0.39 is 0 Å². The lowest BCUT2D eigenvalue weighted by molar-refractivity contribution is -0.158. The van der Waals surface area contributed by atoms with Gasteiger partial charge in [-0.2, -0.15) is 0 Å². The summed E-state index contributed by atoms with van der Waals surface area (Å²) in [6.07, 6.45) is 0. The molecule has 1 aromatic carbocycles. The number of hydrogen-bond acceptors (Lipinski definition) is 5. The highest BCUT2D eigenvalue weighted by Gasteiger charge is 2.39. The van der Waals surface area contributed by atoms with Crippen molar-refractivity contribution in [2.45, 2.75) is 32.9 Å². The lowest BCUT2D eigenvalue weighted by Crippen LogP contribution is -2.58. The number of nitrogens with two attached hydrogens (primary N) is 1. The molecule has 0 unspecified atom stereocenters. The van der Waals surface area contributed by atoms with Crippen LogP contribution in [-0.2, 0) is 16.1 Å². The molecule has 1 aliphatic rings. The van der Waals surface area contributed by atoms with Gasteiger partial charge >= 0.3 is 5.97 Å². The lowest BCUT2D eigenvalue weighted by Gasteiger charge is -2.46. The first-order valence-electron chi connectivity index (χ1n) is 7.30. The number of ether oxygens (including phenoxy) is 1. The Labute approximate surface area is 130 Å². The van der Waals surface area contributed by atoms with Gasteiger partial charge in [-0.05, 0) is 26.3 Å². The Morgan fingerprint density at radius 3 is 2.45 bits per heavy atom. The first-order valence-corrected chi connectivity index (χ1v) is 7.30. The third kappa shape index (κ3) is 3.76. The zero-order valence-corrected chi connectivity index (χ0v) is 13.2. The summed E-state index contributed by atoms with van der Waals surface area (Å²) in [5.41, 5.74) is 7.08. The fraction of sp³-hybridized carbons (Fsp3) is 0.500. The molecule has 0 amide bonds. The molecular formula is C16H23N3O3. The van der Waals surface area contributed by atoms with Crippen LogP contribution >= 0.6 is 0 Å². The second-order valence-corrected chi connectivity index (χ2v) is 6.56. The van der Waals surface area contributed by atoms with Gasteiger partial charge in [-0.3, -0.25) is 9.69 Å². The van der Waals surface area contributed by atoms with E-state index in [0.717, 1.165) is 18.7 Å². The maximum absolute atomic E-state index is 12.0. The Morgan fingerprint density at radius 1 is 1.36 bits per heavy atom. The second-order valence-electron chi connectivity index (χ2n) is 6.56. The molecular weight excluding hydrogens is 282 g/mol. The van der Waals surface area contributed by atoms with Gasteiger partial charge in [0, 0.05) is 24.2 Å². The molecule has 0 atom stereocenters. The van der Waals surface area contributed by atoms with Crippen LogP contribution in [0.15, 0.2) is 29.4 Å². The summed E-state index contributed by atoms with van der Waals surface area (Å²) in [4.78, 5) is 14.2. The number of carbonyl (C=O) groups is 1. The molecule has 1 heterocycles. The van der Waals surface area contributed by atoms with Gasteiger partial charge < -0.3 is 15.7 Å². The Balaban J connectivity index is 1.80. The number of rotatable bonds is 4. The smallest absolute Gasteiger partial charge is 0.311 e. The molecule has 120 valence electrons. The minimum Gasteiger partial charge on any atom is -0.461 e. The number of oxime groups is 1. The molecule has 3 N–H and O–H groups in total. The molecule has 6 nitrogen and oxygen atoms in total. The highest BCUT2D eigenvalue weighted by Crippen LogP contribution is 2.26. The van der Waals surface area contributed by atoms with E-state index in [-0.39, 0.29) is 29.9 Å². The topological polar surface area (TPSA) is 88.2 Å². The van der Waals surface area contributed by atoms with Crippen LogP contribution in [0.3, 0.4) is 0 Å². The van der Waals surface area contributed by atoms with E-state index in [1.165, 1.54) is 0 Å². The van der Waals surface area contributed by atoms with Crippen LogP contribution in [-0.4, -0.2) is 40.5 Å². The molecule has 0 aliphatic carbocycles. The molecule has 22 heavy (non-hydrogen) atoms. The third-order valence-corrected chi connectivity index (χ3v) is 3.90. The van der Waals surface area contributed by atoms with E-state index in [9.17, 15) is 4.79 Å². The van der Waals surface area contributed by atoms with Gasteiger partial charge in [0.15, 0.2) is 5.84 Å². The number of esters is 1. The fourth-order valence-electron chi connectivity index (χ4n) is 2.28. The molecule has 0 bridgehead atoms. The van der Waals surface area contributed by atoms with E-state index in [2.05, 4.69) is 30.8 Å². The van der Waals surface area contributed by atoms with Crippen molar-refractivity contribution in [2.75, 3.05) is 13.1 Å². The summed E-state index contributed by atoms with van der Waals surface area (Å²) in [5.74, 6) is -0.128. The highest BCUT2D eigenvalue weighted by atomic mass is 16.5. The van der Waals surface area contributed by atoms with E-state index in [4.69, 9.17) is 15.7 Å². The average molecular weight is 305 g/mol. The van der Waals surface area contributed by atoms with Crippen molar-refractivity contribution in [1.29, 1.82) is 0 Å². The Morgan fingerprint density at radius 2 is 1.95 bits per heavy atom. The first-order chi connectivity index (χ1) is 10.3. The van der Waals surface area contributed by atoms with Crippen LogP contribution in [0, 0.1) is 5.92 Å². The summed E-state index contributed by atoms with van der Waals surface area (Å²) < 4.78 is 5.34. The van der Waals surface area contributed by atoms with Crippen molar-refractivity contribution in [3.05, 3.63) is 35.4 Å². The molecule has 6 heteroatoms. The first kappa shape index (κ1) is 16.3. The number of likely N-dealkylation sites (tertiary alicyclic amines) is 1. The zero-order valence-electron chi connectivity index (χ0n) is 13.2. The zero-order chi connectivity index (χ0) is 16.3. The van der Waals surface area contributed by atoms with Crippen LogP contribution in [0.1, 0.15) is 31.9 Å². The predicted octanol–water partition coefficient (Wildman–Crippen LogP) is 1.55. The van der Waals surface area contributed by atoms with Crippen LogP contribution in [0.5, 0.6) is 0 Å². The molecule has 1 aromatic rings. The van der Waals surface area contributed by atoms with Gasteiger partial charge in [-0.1, -0.05) is 29.4 Å². The summed E-state index contributed by atoms with van der Waals surface area (Å²) in [6.45, 7) is 8.16. The molecule has 0 saturated carbocycles. The van der Waals surface area contributed by atoms with Crippen LogP contribution in [0.2, 0.25) is 0 Å². The maximum atomic E-state index is 12.0. The normalized spacial score (nSPS) is 17.1. The predicted molar refractivity (Wildman–Crippen MR) is 83.6 cm³/mol. The maximum Gasteiger partial charge on any atom is 0.311 e. The Bertz CT molecular complexity index is 555. The fourth-order valence-corrected chi connectivity index (χ4v) is 2.28. The number of nitrogens with zero attached hydrogens (tertiary/aromatic N) is 2. The SMILES string of the molecule is CC(C)(C)N1CC(C(=O)OCc2ccc(/C(N)=N/O)cc2)C1. The summed E-state index contributed by atoms with van der Waals surface area (Å²) in [7, 11) is 0. The summed E-state index contributed by atoms with van der Waals surface area (Å²) in [5, 5.41) is 11.5. The van der Waals surface area contributed by atoms with Crippen molar-refractivity contribution in [1.82, 2.24) is 4.90 Å². The minimum atomic E-state index is -0.152. The van der Waals surface area contributed by atoms with Crippen molar-refractivity contribution in [3.63, 3.8) is 0 Å². The highest BCUT2D eigenvalue weighted by molar-refractivity contribution is 5.96. The van der Waals surface area contributed by atoms with E-state index in [1.54, 1.807) is 24.3 Å². The van der Waals surface area contributed by atoms with E-state index in [1.807, 2.05) is 0 Å². The lowest BCUT2D eigenvalue weighted by atomic mass is 9.92. The molecule has 1 fully saturated rings. The van der Waals surface area contributed by atoms with Crippen LogP contribution in [0.4, 0.5) is 0 Å². The van der Waals surface area contributed by atoms with Crippen LogP contribution < -0.4 is 5.73 Å². The monoisotopic (exact) mass is 305 g/mol. The van der Waals surface area contributed by atoms with Crippen molar-refractivity contribution >= 4 is 11.8 Å².